The van der Waals surface area contributed by atoms with Gasteiger partial charge in [-0.3, -0.25) is 9.48 Å². The van der Waals surface area contributed by atoms with E-state index >= 15 is 0 Å². The van der Waals surface area contributed by atoms with Gasteiger partial charge in [-0.25, -0.2) is 0 Å². The Labute approximate surface area is 149 Å². The summed E-state index contributed by atoms with van der Waals surface area (Å²) in [7, 11) is 1.83. The predicted molar refractivity (Wildman–Crippen MR) is 94.2 cm³/mol. The van der Waals surface area contributed by atoms with Crippen LogP contribution < -0.4 is 5.32 Å². The molecule has 1 amide bonds. The summed E-state index contributed by atoms with van der Waals surface area (Å²) < 4.78 is 1.72. The van der Waals surface area contributed by atoms with Crippen molar-refractivity contribution in [2.45, 2.75) is 26.0 Å². The number of nitrogens with zero attached hydrogens (tertiary/aromatic N) is 4. The summed E-state index contributed by atoms with van der Waals surface area (Å²) >= 11 is 1.28. The van der Waals surface area contributed by atoms with E-state index < -0.39 is 0 Å². The molecule has 3 aromatic rings. The van der Waals surface area contributed by atoms with E-state index in [4.69, 9.17) is 5.11 Å². The van der Waals surface area contributed by atoms with Gasteiger partial charge >= 0.3 is 0 Å². The van der Waals surface area contributed by atoms with Gasteiger partial charge < -0.3 is 10.4 Å². The molecule has 0 saturated heterocycles. The number of amides is 1. The second-order valence-electron chi connectivity index (χ2n) is 5.68. The molecule has 2 N–H and O–H groups in total. The van der Waals surface area contributed by atoms with E-state index in [-0.39, 0.29) is 18.6 Å². The molecule has 1 atom stereocenters. The highest BCUT2D eigenvalue weighted by Crippen LogP contribution is 2.19. The number of carbonyl (C=O) groups excluding carboxylic acids is 1. The van der Waals surface area contributed by atoms with Crippen LogP contribution in [0.2, 0.25) is 0 Å². The molecule has 2 aromatic heterocycles. The molecule has 0 spiro atoms. The van der Waals surface area contributed by atoms with Gasteiger partial charge in [-0.15, -0.1) is 10.2 Å². The third-order valence-corrected chi connectivity index (χ3v) is 4.95. The molecule has 1 unspecified atom stereocenters. The van der Waals surface area contributed by atoms with Crippen molar-refractivity contribution in [3.8, 4) is 0 Å². The number of carbonyl (C=O) groups is 1. The molecule has 0 bridgehead atoms. The van der Waals surface area contributed by atoms with Crippen molar-refractivity contribution in [3.05, 3.63) is 63.4 Å². The van der Waals surface area contributed by atoms with Gasteiger partial charge in [0.15, 0.2) is 0 Å². The fraction of sp³-hybridized carbons (Fsp3) is 0.294. The van der Waals surface area contributed by atoms with Crippen LogP contribution in [-0.2, 0) is 20.1 Å². The fourth-order valence-corrected chi connectivity index (χ4v) is 3.20. The Bertz CT molecular complexity index is 859. The zero-order chi connectivity index (χ0) is 17.8. The van der Waals surface area contributed by atoms with Crippen molar-refractivity contribution in [2.24, 2.45) is 7.05 Å². The molecule has 2 heterocycles. The number of nitrogens with one attached hydrogen (secondary N) is 1. The molecule has 0 saturated carbocycles. The first-order valence-electron chi connectivity index (χ1n) is 7.87. The Kier molecular flexibility index (Phi) is 5.20. The Morgan fingerprint density at radius 1 is 1.32 bits per heavy atom. The number of hydrogen-bond donors (Lipinski definition) is 2. The summed E-state index contributed by atoms with van der Waals surface area (Å²) in [5.74, 6) is -0.202. The molecule has 8 heteroatoms. The Balaban J connectivity index is 1.76. The third-order valence-electron chi connectivity index (χ3n) is 3.86. The zero-order valence-electron chi connectivity index (χ0n) is 14.0. The van der Waals surface area contributed by atoms with Crippen molar-refractivity contribution < 1.29 is 9.90 Å². The molecule has 0 fully saturated rings. The summed E-state index contributed by atoms with van der Waals surface area (Å²) in [5.41, 5.74) is 2.51. The highest BCUT2D eigenvalue weighted by molar-refractivity contribution is 7.11. The first-order valence-corrected chi connectivity index (χ1v) is 8.69. The lowest BCUT2D eigenvalue weighted by atomic mass is 10.1. The summed E-state index contributed by atoms with van der Waals surface area (Å²) in [5, 5.41) is 25.3. The Hall–Kier alpha value is -2.58. The summed E-state index contributed by atoms with van der Waals surface area (Å²) in [6.07, 6.45) is 2.21. The molecular formula is C17H19N5O2S. The summed E-state index contributed by atoms with van der Waals surface area (Å²) in [4.78, 5) is 12.7. The van der Waals surface area contributed by atoms with Gasteiger partial charge in [0.2, 0.25) is 0 Å². The monoisotopic (exact) mass is 357 g/mol. The molecule has 0 aliphatic carbocycles. The minimum absolute atomic E-state index is 0.151. The lowest BCUT2D eigenvalue weighted by Crippen LogP contribution is -2.27. The molecule has 0 aliphatic heterocycles. The van der Waals surface area contributed by atoms with Crippen molar-refractivity contribution in [2.75, 3.05) is 0 Å². The smallest absolute Gasteiger partial charge is 0.255 e. The number of rotatable bonds is 6. The van der Waals surface area contributed by atoms with Crippen LogP contribution in [0.4, 0.5) is 0 Å². The molecular weight excluding hydrogens is 338 g/mol. The maximum atomic E-state index is 12.7. The topological polar surface area (TPSA) is 92.9 Å². The highest BCUT2D eigenvalue weighted by atomic mass is 32.1. The van der Waals surface area contributed by atoms with Gasteiger partial charge in [0.1, 0.15) is 10.0 Å². The second kappa shape index (κ2) is 7.54. The van der Waals surface area contributed by atoms with Gasteiger partial charge in [0, 0.05) is 13.5 Å². The molecule has 7 nitrogen and oxygen atoms in total. The van der Waals surface area contributed by atoms with E-state index in [1.165, 1.54) is 11.3 Å². The first kappa shape index (κ1) is 17.2. The van der Waals surface area contributed by atoms with Gasteiger partial charge in [0.05, 0.1) is 30.1 Å². The first-order chi connectivity index (χ1) is 12.1. The quantitative estimate of drug-likeness (QED) is 0.702. The molecule has 130 valence electrons. The predicted octanol–water partition coefficient (Wildman–Crippen LogP) is 1.85. The van der Waals surface area contributed by atoms with Crippen LogP contribution in [-0.4, -0.2) is 31.0 Å². The molecule has 0 radical (unpaired) electrons. The Morgan fingerprint density at radius 2 is 2.08 bits per heavy atom. The van der Waals surface area contributed by atoms with Crippen molar-refractivity contribution in [1.29, 1.82) is 0 Å². The standard InChI is InChI=1S/C17H19N5O2S/c1-11(17-21-20-15(10-23)25-17)19-16(24)13-9-18-22(2)14(13)8-12-6-4-3-5-7-12/h3-7,9,11,23H,8,10H2,1-2H3,(H,19,24). The minimum atomic E-state index is -0.296. The molecule has 3 rings (SSSR count). The van der Waals surface area contributed by atoms with Gasteiger partial charge in [-0.1, -0.05) is 41.7 Å². The molecule has 1 aromatic carbocycles. The third kappa shape index (κ3) is 3.92. The number of aryl methyl sites for hydroxylation is 1. The lowest BCUT2D eigenvalue weighted by molar-refractivity contribution is 0.0938. The molecule has 25 heavy (non-hydrogen) atoms. The number of aliphatic hydroxyl groups is 1. The number of aliphatic hydroxyl groups excluding tert-OH is 1. The van der Waals surface area contributed by atoms with Crippen molar-refractivity contribution in [3.63, 3.8) is 0 Å². The number of hydrogen-bond acceptors (Lipinski definition) is 6. The largest absolute Gasteiger partial charge is 0.389 e. The van der Waals surface area contributed by atoms with Crippen LogP contribution >= 0.6 is 11.3 Å². The lowest BCUT2D eigenvalue weighted by Gasteiger charge is -2.11. The average molecular weight is 357 g/mol. The van der Waals surface area contributed by atoms with Gasteiger partial charge in [-0.2, -0.15) is 5.10 Å². The number of aromatic nitrogens is 4. The van der Waals surface area contributed by atoms with Crippen LogP contribution in [0.3, 0.4) is 0 Å². The van der Waals surface area contributed by atoms with Crippen LogP contribution in [0.15, 0.2) is 36.5 Å². The van der Waals surface area contributed by atoms with Crippen LogP contribution in [0.1, 0.15) is 44.6 Å². The van der Waals surface area contributed by atoms with Crippen LogP contribution in [0.25, 0.3) is 0 Å². The molecule has 0 aliphatic rings. The minimum Gasteiger partial charge on any atom is -0.389 e. The van der Waals surface area contributed by atoms with Crippen LogP contribution in [0, 0.1) is 0 Å². The average Bonchev–Trinajstić information content (AvgIpc) is 3.23. The van der Waals surface area contributed by atoms with Crippen molar-refractivity contribution >= 4 is 17.2 Å². The SMILES string of the molecule is CC(NC(=O)c1cnn(C)c1Cc1ccccc1)c1nnc(CO)s1. The maximum Gasteiger partial charge on any atom is 0.255 e. The van der Waals surface area contributed by atoms with Gasteiger partial charge in [-0.05, 0) is 12.5 Å². The summed E-state index contributed by atoms with van der Waals surface area (Å²) in [6, 6.07) is 9.66. The second-order valence-corrected chi connectivity index (χ2v) is 6.77. The van der Waals surface area contributed by atoms with E-state index in [0.29, 0.717) is 22.0 Å². The van der Waals surface area contributed by atoms with E-state index in [1.54, 1.807) is 10.9 Å². The highest BCUT2D eigenvalue weighted by Gasteiger charge is 2.20. The summed E-state index contributed by atoms with van der Waals surface area (Å²) in [6.45, 7) is 1.69. The van der Waals surface area contributed by atoms with E-state index in [1.807, 2.05) is 44.3 Å². The van der Waals surface area contributed by atoms with Crippen LogP contribution in [0.5, 0.6) is 0 Å². The zero-order valence-corrected chi connectivity index (χ0v) is 14.8. The maximum absolute atomic E-state index is 12.7. The van der Waals surface area contributed by atoms with E-state index in [2.05, 4.69) is 20.6 Å². The Morgan fingerprint density at radius 3 is 2.76 bits per heavy atom. The number of benzene rings is 1. The van der Waals surface area contributed by atoms with Gasteiger partial charge in [0.25, 0.3) is 5.91 Å². The normalized spacial score (nSPS) is 12.1. The fourth-order valence-electron chi connectivity index (χ4n) is 2.49. The van der Waals surface area contributed by atoms with Crippen molar-refractivity contribution in [1.82, 2.24) is 25.3 Å². The van der Waals surface area contributed by atoms with E-state index in [9.17, 15) is 4.79 Å². The van der Waals surface area contributed by atoms with E-state index in [0.717, 1.165) is 11.3 Å².